The summed E-state index contributed by atoms with van der Waals surface area (Å²) < 4.78 is 2.09. The third kappa shape index (κ3) is 2.98. The summed E-state index contributed by atoms with van der Waals surface area (Å²) in [7, 11) is 2.03. The molecule has 1 aromatic carbocycles. The van der Waals surface area contributed by atoms with Crippen LogP contribution in [0.2, 0.25) is 0 Å². The quantitative estimate of drug-likeness (QED) is 0.827. The zero-order valence-corrected chi connectivity index (χ0v) is 16.7. The summed E-state index contributed by atoms with van der Waals surface area (Å²) >= 11 is 0. The number of carbonyl (C=O) groups is 1. The fraction of sp³-hybridized carbons (Fsp3) is 0.609. The van der Waals surface area contributed by atoms with Gasteiger partial charge in [0.05, 0.1) is 0 Å². The van der Waals surface area contributed by atoms with Gasteiger partial charge in [-0.15, -0.1) is 0 Å². The molecule has 27 heavy (non-hydrogen) atoms. The molecule has 0 spiro atoms. The van der Waals surface area contributed by atoms with Gasteiger partial charge in [-0.1, -0.05) is 18.6 Å². The minimum atomic E-state index is 0.218. The molecule has 2 aromatic rings. The molecular formula is C23H31N3O. The highest BCUT2D eigenvalue weighted by Crippen LogP contribution is 2.34. The van der Waals surface area contributed by atoms with Crippen molar-refractivity contribution in [3.63, 3.8) is 0 Å². The van der Waals surface area contributed by atoms with Gasteiger partial charge in [-0.3, -0.25) is 9.69 Å². The molecule has 144 valence electrons. The lowest BCUT2D eigenvalue weighted by Gasteiger charge is -2.40. The molecule has 0 N–H and O–H groups in total. The number of carbonyl (C=O) groups excluding carboxylic acids is 1. The van der Waals surface area contributed by atoms with Gasteiger partial charge < -0.3 is 9.47 Å². The molecule has 2 bridgehead atoms. The van der Waals surface area contributed by atoms with Crippen LogP contribution in [-0.4, -0.2) is 52.5 Å². The maximum Gasteiger partial charge on any atom is 0.270 e. The van der Waals surface area contributed by atoms with Crippen LogP contribution in [0.25, 0.3) is 10.9 Å². The van der Waals surface area contributed by atoms with Crippen molar-refractivity contribution in [2.75, 3.05) is 26.2 Å². The number of aryl methyl sites for hydroxylation is 2. The minimum Gasteiger partial charge on any atom is -0.340 e. The van der Waals surface area contributed by atoms with E-state index in [1.807, 2.05) is 7.05 Å². The lowest BCUT2D eigenvalue weighted by atomic mass is 9.83. The summed E-state index contributed by atoms with van der Waals surface area (Å²) in [6.45, 7) is 6.41. The normalized spacial score (nSPS) is 26.4. The Morgan fingerprint density at radius 1 is 1.11 bits per heavy atom. The molecule has 2 atom stereocenters. The third-order valence-corrected chi connectivity index (χ3v) is 7.36. The minimum absolute atomic E-state index is 0.218. The number of nitrogens with zero attached hydrogens (tertiary/aromatic N) is 3. The van der Waals surface area contributed by atoms with Gasteiger partial charge in [-0.05, 0) is 62.1 Å². The summed E-state index contributed by atoms with van der Waals surface area (Å²) in [5.74, 6) is 1.77. The van der Waals surface area contributed by atoms with E-state index in [1.165, 1.54) is 56.1 Å². The average molecular weight is 366 g/mol. The molecule has 1 amide bonds. The highest BCUT2D eigenvalue weighted by atomic mass is 16.2. The Bertz CT molecular complexity index is 866. The number of amides is 1. The van der Waals surface area contributed by atoms with Crippen LogP contribution in [0.4, 0.5) is 0 Å². The molecule has 1 aliphatic carbocycles. The summed E-state index contributed by atoms with van der Waals surface area (Å²) in [4.78, 5) is 18.3. The van der Waals surface area contributed by atoms with Crippen LogP contribution in [-0.2, 0) is 7.05 Å². The molecular weight excluding hydrogens is 334 g/mol. The fourth-order valence-electron chi connectivity index (χ4n) is 5.45. The molecule has 4 heterocycles. The lowest BCUT2D eigenvalue weighted by Crippen LogP contribution is -2.47. The van der Waals surface area contributed by atoms with Gasteiger partial charge in [-0.25, -0.2) is 0 Å². The van der Waals surface area contributed by atoms with Gasteiger partial charge in [0.2, 0.25) is 0 Å². The molecule has 3 saturated heterocycles. The number of benzene rings is 1. The third-order valence-electron chi connectivity index (χ3n) is 7.36. The van der Waals surface area contributed by atoms with Gasteiger partial charge in [0, 0.05) is 50.2 Å². The maximum absolute atomic E-state index is 13.5. The first-order valence-corrected chi connectivity index (χ1v) is 10.7. The monoisotopic (exact) mass is 365 g/mol. The second kappa shape index (κ2) is 6.66. The summed E-state index contributed by atoms with van der Waals surface area (Å²) in [6.07, 6.45) is 6.77. The van der Waals surface area contributed by atoms with Crippen LogP contribution < -0.4 is 0 Å². The Morgan fingerprint density at radius 2 is 1.96 bits per heavy atom. The fourth-order valence-corrected chi connectivity index (χ4v) is 5.45. The molecule has 1 aromatic heterocycles. The Hall–Kier alpha value is -1.81. The molecule has 6 rings (SSSR count). The van der Waals surface area contributed by atoms with Crippen molar-refractivity contribution in [1.82, 2.24) is 14.4 Å². The van der Waals surface area contributed by atoms with E-state index in [9.17, 15) is 4.79 Å². The van der Waals surface area contributed by atoms with Gasteiger partial charge in [0.1, 0.15) is 5.69 Å². The first kappa shape index (κ1) is 17.3. The first-order chi connectivity index (χ1) is 13.1. The van der Waals surface area contributed by atoms with Crippen molar-refractivity contribution < 1.29 is 4.79 Å². The average Bonchev–Trinajstić information content (AvgIpc) is 2.78. The number of hydrogen-bond donors (Lipinski definition) is 0. The second-order valence-electron chi connectivity index (χ2n) is 9.15. The molecule has 4 fully saturated rings. The first-order valence-electron chi connectivity index (χ1n) is 10.7. The molecule has 0 radical (unpaired) electrons. The van der Waals surface area contributed by atoms with Crippen molar-refractivity contribution in [1.29, 1.82) is 0 Å². The van der Waals surface area contributed by atoms with Crippen molar-refractivity contribution in [2.24, 2.45) is 18.9 Å². The second-order valence-corrected chi connectivity index (χ2v) is 9.15. The maximum atomic E-state index is 13.5. The largest absolute Gasteiger partial charge is 0.340 e. The topological polar surface area (TPSA) is 28.5 Å². The van der Waals surface area contributed by atoms with Crippen molar-refractivity contribution >= 4 is 16.8 Å². The summed E-state index contributed by atoms with van der Waals surface area (Å²) in [5.41, 5.74) is 3.23. The Balaban J connectivity index is 1.39. The molecule has 4 nitrogen and oxygen atoms in total. The van der Waals surface area contributed by atoms with Crippen LogP contribution in [0, 0.1) is 18.8 Å². The van der Waals surface area contributed by atoms with E-state index in [0.717, 1.165) is 30.2 Å². The van der Waals surface area contributed by atoms with Crippen LogP contribution in [0.3, 0.4) is 0 Å². The van der Waals surface area contributed by atoms with Crippen molar-refractivity contribution in [3.8, 4) is 0 Å². The molecule has 1 saturated carbocycles. The van der Waals surface area contributed by atoms with E-state index in [-0.39, 0.29) is 5.91 Å². The summed E-state index contributed by atoms with van der Waals surface area (Å²) in [5, 5.41) is 1.20. The van der Waals surface area contributed by atoms with Crippen molar-refractivity contribution in [3.05, 3.63) is 35.5 Å². The Labute approximate surface area is 162 Å². The van der Waals surface area contributed by atoms with Crippen LogP contribution in [0.15, 0.2) is 24.3 Å². The van der Waals surface area contributed by atoms with E-state index < -0.39 is 0 Å². The highest BCUT2D eigenvalue weighted by Gasteiger charge is 2.38. The van der Waals surface area contributed by atoms with E-state index in [2.05, 4.69) is 45.6 Å². The molecule has 0 unspecified atom stereocenters. The van der Waals surface area contributed by atoms with Gasteiger partial charge in [-0.2, -0.15) is 0 Å². The zero-order valence-electron chi connectivity index (χ0n) is 16.7. The molecule has 4 heteroatoms. The standard InChI is InChI=1S/C23H31N3O/c1-16-5-3-8-21-20(16)11-22(24(21)2)23(27)26-14-18-9-10-19(15-26)25(13-18)12-17-6-4-7-17/h3,5,8,11,17-19H,4,6-7,9-10,12-15H2,1-2H3/t18-,19-/m1/s1. The van der Waals surface area contributed by atoms with Crippen LogP contribution >= 0.6 is 0 Å². The predicted octanol–water partition coefficient (Wildman–Crippen LogP) is 3.82. The SMILES string of the molecule is Cc1cccc2c1cc(C(=O)N1C[C@@H]3CC[C@H](C1)N(CC1CCC1)C3)n2C. The predicted molar refractivity (Wildman–Crippen MR) is 109 cm³/mol. The lowest BCUT2D eigenvalue weighted by molar-refractivity contribution is 0.0709. The number of fused-ring (bicyclic) bond motifs is 5. The molecule has 4 aliphatic rings. The summed E-state index contributed by atoms with van der Waals surface area (Å²) in [6, 6.07) is 8.99. The van der Waals surface area contributed by atoms with Gasteiger partial charge in [0.25, 0.3) is 5.91 Å². The number of piperidine rings is 1. The van der Waals surface area contributed by atoms with E-state index in [1.54, 1.807) is 0 Å². The smallest absolute Gasteiger partial charge is 0.270 e. The van der Waals surface area contributed by atoms with Crippen molar-refractivity contribution in [2.45, 2.75) is 45.1 Å². The molecule has 3 aliphatic heterocycles. The Morgan fingerprint density at radius 3 is 2.70 bits per heavy atom. The number of rotatable bonds is 3. The Kier molecular flexibility index (Phi) is 4.27. The van der Waals surface area contributed by atoms with Crippen LogP contribution in [0.1, 0.15) is 48.2 Å². The zero-order chi connectivity index (χ0) is 18.5. The van der Waals surface area contributed by atoms with E-state index >= 15 is 0 Å². The van der Waals surface area contributed by atoms with E-state index in [4.69, 9.17) is 0 Å². The van der Waals surface area contributed by atoms with Gasteiger partial charge >= 0.3 is 0 Å². The van der Waals surface area contributed by atoms with Gasteiger partial charge in [0.15, 0.2) is 0 Å². The number of aromatic nitrogens is 1. The van der Waals surface area contributed by atoms with Crippen LogP contribution in [0.5, 0.6) is 0 Å². The number of hydrogen-bond acceptors (Lipinski definition) is 2. The van der Waals surface area contributed by atoms with E-state index in [0.29, 0.717) is 12.0 Å². The highest BCUT2D eigenvalue weighted by molar-refractivity contribution is 5.99.